The van der Waals surface area contributed by atoms with Gasteiger partial charge in [0, 0.05) is 19.0 Å². The van der Waals surface area contributed by atoms with E-state index in [-0.39, 0.29) is 12.3 Å². The number of benzene rings is 2. The van der Waals surface area contributed by atoms with E-state index in [2.05, 4.69) is 10.5 Å². The Hall–Kier alpha value is -3.03. The monoisotopic (exact) mass is 394 g/mol. The van der Waals surface area contributed by atoms with Gasteiger partial charge in [-0.15, -0.1) is 0 Å². The molecule has 2 aliphatic rings. The van der Waals surface area contributed by atoms with Gasteiger partial charge in [-0.2, -0.15) is 0 Å². The lowest BCUT2D eigenvalue weighted by Crippen LogP contribution is -2.61. The Labute approximate surface area is 168 Å². The summed E-state index contributed by atoms with van der Waals surface area (Å²) in [4.78, 5) is 0. The number of rotatable bonds is 8. The fourth-order valence-corrected chi connectivity index (χ4v) is 3.48. The molecule has 2 aliphatic heterocycles. The Morgan fingerprint density at radius 1 is 1.00 bits per heavy atom. The van der Waals surface area contributed by atoms with Crippen molar-refractivity contribution in [2.45, 2.75) is 25.1 Å². The van der Waals surface area contributed by atoms with Crippen molar-refractivity contribution in [3.63, 3.8) is 0 Å². The highest BCUT2D eigenvalue weighted by Crippen LogP contribution is 2.33. The maximum Gasteiger partial charge on any atom is 0.231 e. The van der Waals surface area contributed by atoms with E-state index in [9.17, 15) is 0 Å². The summed E-state index contributed by atoms with van der Waals surface area (Å²) >= 11 is 0. The second-order valence-corrected chi connectivity index (χ2v) is 7.38. The van der Waals surface area contributed by atoms with Crippen molar-refractivity contribution < 1.29 is 23.5 Å². The van der Waals surface area contributed by atoms with Gasteiger partial charge in [0.1, 0.15) is 12.4 Å². The van der Waals surface area contributed by atoms with Crippen LogP contribution in [0.25, 0.3) is 0 Å². The molecule has 3 heterocycles. The zero-order valence-corrected chi connectivity index (χ0v) is 15.9. The Morgan fingerprint density at radius 2 is 1.86 bits per heavy atom. The zero-order valence-electron chi connectivity index (χ0n) is 15.9. The smallest absolute Gasteiger partial charge is 0.231 e. The number of nitrogens with zero attached hydrogens (tertiary/aromatic N) is 1. The van der Waals surface area contributed by atoms with Gasteiger partial charge in [-0.25, -0.2) is 0 Å². The molecule has 3 aromatic rings. The number of fused-ring (bicyclic) bond motifs is 1. The lowest BCUT2D eigenvalue weighted by molar-refractivity contribution is -0.0755. The summed E-state index contributed by atoms with van der Waals surface area (Å²) in [5.74, 6) is 3.10. The van der Waals surface area contributed by atoms with Gasteiger partial charge in [0.2, 0.25) is 6.79 Å². The maximum atomic E-state index is 5.72. The summed E-state index contributed by atoms with van der Waals surface area (Å²) in [5.41, 5.74) is 1.88. The molecule has 1 fully saturated rings. The van der Waals surface area contributed by atoms with Crippen LogP contribution in [0.15, 0.2) is 59.1 Å². The summed E-state index contributed by atoms with van der Waals surface area (Å²) in [5, 5.41) is 7.83. The van der Waals surface area contributed by atoms with Crippen LogP contribution in [0.3, 0.4) is 0 Å². The molecule has 7 nitrogen and oxygen atoms in total. The minimum absolute atomic E-state index is 0.148. The number of ether oxygens (including phenoxy) is 4. The Kier molecular flexibility index (Phi) is 4.83. The number of hydrogen-bond donors (Lipinski definition) is 1. The highest BCUT2D eigenvalue weighted by Gasteiger charge is 2.39. The molecule has 0 amide bonds. The van der Waals surface area contributed by atoms with Crippen LogP contribution in [0.5, 0.6) is 17.2 Å². The molecular weight excluding hydrogens is 372 g/mol. The van der Waals surface area contributed by atoms with Gasteiger partial charge < -0.3 is 28.8 Å². The minimum Gasteiger partial charge on any atom is -0.486 e. The van der Waals surface area contributed by atoms with Gasteiger partial charge in [-0.1, -0.05) is 29.4 Å². The average Bonchev–Trinajstić information content (AvgIpc) is 3.38. The second-order valence-electron chi connectivity index (χ2n) is 7.38. The molecule has 2 aromatic carbocycles. The molecule has 0 spiro atoms. The van der Waals surface area contributed by atoms with Crippen LogP contribution in [-0.2, 0) is 24.3 Å². The molecule has 0 saturated carbocycles. The van der Waals surface area contributed by atoms with Crippen molar-refractivity contribution in [3.8, 4) is 17.2 Å². The third kappa shape index (κ3) is 4.06. The summed E-state index contributed by atoms with van der Waals surface area (Å²) in [6.45, 7) is 2.62. The molecule has 0 bridgehead atoms. The van der Waals surface area contributed by atoms with Gasteiger partial charge in [0.15, 0.2) is 17.3 Å². The third-order valence-electron chi connectivity index (χ3n) is 5.11. The minimum atomic E-state index is -0.148. The SMILES string of the molecule is c1ccc(OCc2cc(CC3(NCc4ccc5c(c4)OCO5)COC3)no2)cc1. The molecule has 1 N–H and O–H groups in total. The molecule has 0 atom stereocenters. The Balaban J connectivity index is 1.18. The summed E-state index contributed by atoms with van der Waals surface area (Å²) in [7, 11) is 0. The molecule has 5 rings (SSSR count). The summed E-state index contributed by atoms with van der Waals surface area (Å²) in [6.07, 6.45) is 0.729. The van der Waals surface area contributed by atoms with Gasteiger partial charge in [-0.05, 0) is 29.8 Å². The topological polar surface area (TPSA) is 75.0 Å². The van der Waals surface area contributed by atoms with Crippen molar-refractivity contribution in [1.82, 2.24) is 10.5 Å². The molecule has 1 aromatic heterocycles. The van der Waals surface area contributed by atoms with E-state index in [4.69, 9.17) is 23.5 Å². The first-order chi connectivity index (χ1) is 14.3. The molecule has 7 heteroatoms. The van der Waals surface area contributed by atoms with Crippen LogP contribution in [0.4, 0.5) is 0 Å². The first-order valence-corrected chi connectivity index (χ1v) is 9.62. The average molecular weight is 394 g/mol. The fraction of sp³-hybridized carbons (Fsp3) is 0.318. The summed E-state index contributed by atoms with van der Waals surface area (Å²) in [6, 6.07) is 17.6. The van der Waals surface area contributed by atoms with Crippen LogP contribution in [-0.4, -0.2) is 30.7 Å². The van der Waals surface area contributed by atoms with Crippen LogP contribution in [0.2, 0.25) is 0 Å². The predicted molar refractivity (Wildman–Crippen MR) is 104 cm³/mol. The van der Waals surface area contributed by atoms with E-state index in [0.717, 1.165) is 34.9 Å². The van der Waals surface area contributed by atoms with E-state index in [1.165, 1.54) is 0 Å². The van der Waals surface area contributed by atoms with Gasteiger partial charge in [0.25, 0.3) is 0 Å². The molecule has 0 unspecified atom stereocenters. The van der Waals surface area contributed by atoms with E-state index >= 15 is 0 Å². The second kappa shape index (κ2) is 7.77. The summed E-state index contributed by atoms with van der Waals surface area (Å²) < 4.78 is 27.5. The van der Waals surface area contributed by atoms with Crippen molar-refractivity contribution in [2.75, 3.05) is 20.0 Å². The number of aromatic nitrogens is 1. The molecule has 1 saturated heterocycles. The van der Waals surface area contributed by atoms with Crippen molar-refractivity contribution in [1.29, 1.82) is 0 Å². The number of hydrogen-bond acceptors (Lipinski definition) is 7. The largest absolute Gasteiger partial charge is 0.486 e. The molecule has 29 heavy (non-hydrogen) atoms. The normalized spacial score (nSPS) is 16.4. The van der Waals surface area contributed by atoms with Gasteiger partial charge in [-0.3, -0.25) is 0 Å². The van der Waals surface area contributed by atoms with Crippen molar-refractivity contribution >= 4 is 0 Å². The standard InChI is InChI=1S/C22H22N2O5/c1-2-4-18(5-3-1)26-12-19-9-17(24-29-19)10-22(13-25-14-22)23-11-16-6-7-20-21(8-16)28-15-27-20/h1-9,23H,10-15H2. The van der Waals surface area contributed by atoms with Crippen molar-refractivity contribution in [3.05, 3.63) is 71.6 Å². The van der Waals surface area contributed by atoms with Crippen LogP contribution in [0.1, 0.15) is 17.0 Å². The molecular formula is C22H22N2O5. The van der Waals surface area contributed by atoms with E-state index in [1.54, 1.807) is 0 Å². The number of nitrogens with one attached hydrogen (secondary N) is 1. The van der Waals surface area contributed by atoms with E-state index < -0.39 is 0 Å². The number of para-hydroxylation sites is 1. The lowest BCUT2D eigenvalue weighted by atomic mass is 9.91. The quantitative estimate of drug-likeness (QED) is 0.629. The highest BCUT2D eigenvalue weighted by atomic mass is 16.7. The molecule has 150 valence electrons. The highest BCUT2D eigenvalue weighted by molar-refractivity contribution is 5.44. The first-order valence-electron chi connectivity index (χ1n) is 9.62. The van der Waals surface area contributed by atoms with E-state index in [1.807, 2.05) is 54.6 Å². The first kappa shape index (κ1) is 18.0. The predicted octanol–water partition coefficient (Wildman–Crippen LogP) is 3.08. The molecule has 0 aliphatic carbocycles. The van der Waals surface area contributed by atoms with Crippen molar-refractivity contribution in [2.24, 2.45) is 0 Å². The van der Waals surface area contributed by atoms with Crippen LogP contribution in [0, 0.1) is 0 Å². The third-order valence-corrected chi connectivity index (χ3v) is 5.11. The van der Waals surface area contributed by atoms with Crippen LogP contribution < -0.4 is 19.5 Å². The molecule has 0 radical (unpaired) electrons. The zero-order chi connectivity index (χ0) is 19.5. The Morgan fingerprint density at radius 3 is 2.69 bits per heavy atom. The lowest BCUT2D eigenvalue weighted by Gasteiger charge is -2.42. The van der Waals surface area contributed by atoms with Gasteiger partial charge in [0.05, 0.1) is 24.4 Å². The fourth-order valence-electron chi connectivity index (χ4n) is 3.48. The van der Waals surface area contributed by atoms with Gasteiger partial charge >= 0.3 is 0 Å². The van der Waals surface area contributed by atoms with E-state index in [0.29, 0.717) is 32.1 Å². The van der Waals surface area contributed by atoms with Crippen LogP contribution >= 0.6 is 0 Å². The Bertz CT molecular complexity index is 968. The maximum absolute atomic E-state index is 5.72.